The van der Waals surface area contributed by atoms with Crippen LogP contribution in [0.25, 0.3) is 64.9 Å². The van der Waals surface area contributed by atoms with Gasteiger partial charge < -0.3 is 9.97 Å². The number of benzene rings is 5. The fourth-order valence-corrected chi connectivity index (χ4v) is 8.34. The van der Waals surface area contributed by atoms with Crippen molar-refractivity contribution < 1.29 is 20.1 Å². The van der Waals surface area contributed by atoms with E-state index in [4.69, 9.17) is 4.98 Å². The predicted octanol–water partition coefficient (Wildman–Crippen LogP) is 12.5. The molecule has 0 N–H and O–H groups in total. The van der Waals surface area contributed by atoms with Gasteiger partial charge in [-0.05, 0) is 79.1 Å². The Balaban J connectivity index is 0.000000222. The van der Waals surface area contributed by atoms with Crippen molar-refractivity contribution in [1.29, 1.82) is 0 Å². The van der Waals surface area contributed by atoms with Crippen LogP contribution in [-0.2, 0) is 20.1 Å². The van der Waals surface area contributed by atoms with Crippen LogP contribution in [0.1, 0.15) is 25.3 Å². The molecule has 0 atom stereocenters. The molecule has 0 spiro atoms. The van der Waals surface area contributed by atoms with E-state index in [1.54, 1.807) is 0 Å². The monoisotopic (exact) mass is 873 g/mol. The van der Waals surface area contributed by atoms with E-state index in [9.17, 15) is 0 Å². The van der Waals surface area contributed by atoms with E-state index in [2.05, 4.69) is 154 Å². The third kappa shape index (κ3) is 8.19. The van der Waals surface area contributed by atoms with Crippen molar-refractivity contribution in [2.45, 2.75) is 39.4 Å². The zero-order valence-corrected chi connectivity index (χ0v) is 33.8. The van der Waals surface area contributed by atoms with Gasteiger partial charge in [0.2, 0.25) is 0 Å². The molecule has 0 aliphatic carbocycles. The number of hydrogen-bond acceptors (Lipinski definition) is 3. The summed E-state index contributed by atoms with van der Waals surface area (Å²) in [5.74, 6) is 0.470. The number of hydrogen-bond donors (Lipinski definition) is 0. The minimum Gasteiger partial charge on any atom is -0.305 e. The number of rotatable bonds is 6. The molecule has 8 rings (SSSR count). The normalized spacial score (nSPS) is 11.3. The molecule has 255 valence electrons. The molecule has 2 nitrogen and oxygen atoms in total. The summed E-state index contributed by atoms with van der Waals surface area (Å²) < 4.78 is 2.54. The van der Waals surface area contributed by atoms with E-state index < -0.39 is 8.07 Å². The summed E-state index contributed by atoms with van der Waals surface area (Å²) in [4.78, 5) is 9.21. The molecule has 0 bridgehead atoms. The van der Waals surface area contributed by atoms with Crippen molar-refractivity contribution in [3.63, 3.8) is 0 Å². The molecule has 5 aromatic carbocycles. The predicted molar refractivity (Wildman–Crippen MR) is 218 cm³/mol. The van der Waals surface area contributed by atoms with Gasteiger partial charge in [0.25, 0.3) is 0 Å². The zero-order valence-electron chi connectivity index (χ0n) is 29.6. The van der Waals surface area contributed by atoms with Crippen LogP contribution >= 0.6 is 11.3 Å². The third-order valence-electron chi connectivity index (χ3n) is 9.06. The molecule has 51 heavy (non-hydrogen) atoms. The van der Waals surface area contributed by atoms with Crippen molar-refractivity contribution in [2.24, 2.45) is 0 Å². The molecule has 3 aromatic heterocycles. The Labute approximate surface area is 320 Å². The SMILES string of the molecule is CC(C)c1ccnc(-c2[c-]ccc3c2sc2ccc(-c4cccc(-c5ccccc5)c4)cc23)c1.C[Si](C)(C)c1ccc(-c2[c-]cccc2)nc1.[Ir]. The van der Waals surface area contributed by atoms with Crippen LogP contribution in [0, 0.1) is 12.1 Å². The first-order valence-corrected chi connectivity index (χ1v) is 21.5. The quantitative estimate of drug-likeness (QED) is 0.123. The van der Waals surface area contributed by atoms with E-state index >= 15 is 0 Å². The summed E-state index contributed by atoms with van der Waals surface area (Å²) in [7, 11) is -1.23. The molecule has 0 unspecified atom stereocenters. The second-order valence-electron chi connectivity index (χ2n) is 13.9. The Bertz CT molecular complexity index is 2380. The summed E-state index contributed by atoms with van der Waals surface area (Å²) in [6.07, 6.45) is 3.94. The van der Waals surface area contributed by atoms with E-state index in [1.165, 1.54) is 53.2 Å². The number of thiophene rings is 1. The molecule has 0 fully saturated rings. The van der Waals surface area contributed by atoms with Gasteiger partial charge in [0.1, 0.15) is 0 Å². The minimum atomic E-state index is -1.23. The molecule has 5 heteroatoms. The van der Waals surface area contributed by atoms with Gasteiger partial charge in [-0.1, -0.05) is 117 Å². The van der Waals surface area contributed by atoms with Crippen molar-refractivity contribution in [3.8, 4) is 44.8 Å². The van der Waals surface area contributed by atoms with Crippen LogP contribution in [0.3, 0.4) is 0 Å². The summed E-state index contributed by atoms with van der Waals surface area (Å²) in [5.41, 5.74) is 10.4. The maximum absolute atomic E-state index is 4.69. The van der Waals surface area contributed by atoms with Crippen LogP contribution in [0.5, 0.6) is 0 Å². The average Bonchev–Trinajstić information content (AvgIpc) is 3.54. The fourth-order valence-electron chi connectivity index (χ4n) is 6.11. The molecular weight excluding hydrogens is 833 g/mol. The molecule has 8 aromatic rings. The smallest absolute Gasteiger partial charge is 0.0795 e. The molecule has 1 radical (unpaired) electrons. The van der Waals surface area contributed by atoms with Gasteiger partial charge in [-0.15, -0.1) is 59.7 Å². The second kappa shape index (κ2) is 15.8. The molecule has 0 aliphatic heterocycles. The Hall–Kier alpha value is -4.51. The van der Waals surface area contributed by atoms with Gasteiger partial charge in [0, 0.05) is 37.2 Å². The van der Waals surface area contributed by atoms with Gasteiger partial charge in [-0.25, -0.2) is 0 Å². The number of fused-ring (bicyclic) bond motifs is 3. The number of nitrogens with zero attached hydrogens (tertiary/aromatic N) is 2. The van der Waals surface area contributed by atoms with E-state index in [1.807, 2.05) is 54.1 Å². The largest absolute Gasteiger partial charge is 0.305 e. The number of pyridine rings is 2. The third-order valence-corrected chi connectivity index (χ3v) is 12.3. The van der Waals surface area contributed by atoms with Crippen molar-refractivity contribution in [1.82, 2.24) is 9.97 Å². The first-order valence-electron chi connectivity index (χ1n) is 17.2. The topological polar surface area (TPSA) is 25.8 Å². The maximum Gasteiger partial charge on any atom is 0.0795 e. The fraction of sp³-hybridized carbons (Fsp3) is 0.130. The van der Waals surface area contributed by atoms with Crippen LogP contribution in [0.15, 0.2) is 146 Å². The van der Waals surface area contributed by atoms with E-state index in [-0.39, 0.29) is 20.1 Å². The Morgan fingerprint density at radius 2 is 1.35 bits per heavy atom. The maximum atomic E-state index is 4.69. The summed E-state index contributed by atoms with van der Waals surface area (Å²) in [6.45, 7) is 11.4. The average molecular weight is 873 g/mol. The van der Waals surface area contributed by atoms with Gasteiger partial charge in [-0.3, -0.25) is 0 Å². The Kier molecular flexibility index (Phi) is 11.2. The molecule has 0 aliphatic rings. The van der Waals surface area contributed by atoms with Gasteiger partial charge in [0.15, 0.2) is 0 Å². The van der Waals surface area contributed by atoms with Gasteiger partial charge in [0.05, 0.1) is 8.07 Å². The molecule has 0 amide bonds. The minimum absolute atomic E-state index is 0. The summed E-state index contributed by atoms with van der Waals surface area (Å²) in [6, 6.07) is 53.6. The standard InChI is InChI=1S/C32H24NS.C14H16NSi.Ir/c1-21(2)23-16-17-33-30(20-23)28-13-7-12-27-29-19-26(14-15-31(29)34-32(27)28)25-11-6-10-24(18-25)22-8-4-3-5-9-22;1-16(2,3)13-9-10-14(15-11-13)12-7-5-4-6-8-12;/h3-12,14-21H,1-2H3;4-7,9-11H,1-3H3;/q2*-1;. The molecule has 3 heterocycles. The van der Waals surface area contributed by atoms with E-state index in [0.29, 0.717) is 5.92 Å². The van der Waals surface area contributed by atoms with Crippen molar-refractivity contribution in [2.75, 3.05) is 0 Å². The molecule has 0 saturated heterocycles. The van der Waals surface area contributed by atoms with E-state index in [0.717, 1.165) is 22.5 Å². The first-order chi connectivity index (χ1) is 24.2. The molecule has 0 saturated carbocycles. The Morgan fingerprint density at radius 1 is 0.608 bits per heavy atom. The van der Waals surface area contributed by atoms with Crippen molar-refractivity contribution >= 4 is 44.8 Å². The van der Waals surface area contributed by atoms with Crippen LogP contribution in [0.2, 0.25) is 19.6 Å². The van der Waals surface area contributed by atoms with Crippen LogP contribution in [0.4, 0.5) is 0 Å². The van der Waals surface area contributed by atoms with Crippen LogP contribution in [-0.4, -0.2) is 18.0 Å². The van der Waals surface area contributed by atoms with Crippen molar-refractivity contribution in [3.05, 3.63) is 164 Å². The first kappa shape index (κ1) is 36.3. The number of aromatic nitrogens is 2. The van der Waals surface area contributed by atoms with Gasteiger partial charge in [-0.2, -0.15) is 11.3 Å². The summed E-state index contributed by atoms with van der Waals surface area (Å²) in [5, 5.41) is 3.96. The summed E-state index contributed by atoms with van der Waals surface area (Å²) >= 11 is 1.83. The zero-order chi connectivity index (χ0) is 34.7. The molecular formula is C46H40IrN2SSi-2. The second-order valence-corrected chi connectivity index (χ2v) is 20.1. The van der Waals surface area contributed by atoms with Gasteiger partial charge >= 0.3 is 0 Å². The van der Waals surface area contributed by atoms with Crippen LogP contribution < -0.4 is 5.19 Å². The Morgan fingerprint density at radius 3 is 2.06 bits per heavy atom.